The lowest BCUT2D eigenvalue weighted by Gasteiger charge is -2.18. The zero-order valence-corrected chi connectivity index (χ0v) is 18.3. The SMILES string of the molecule is C=CCn1c(=S)[nH]c2cc(C(=O)N(C)Cc3c(CC)oc4ccccc34)ccc2c1=O. The summed E-state index contributed by atoms with van der Waals surface area (Å²) in [6.07, 6.45) is 2.36. The number of nitrogens with one attached hydrogen (secondary N) is 1. The second kappa shape index (κ2) is 8.35. The van der Waals surface area contributed by atoms with Gasteiger partial charge in [0.05, 0.1) is 10.9 Å². The maximum atomic E-state index is 13.1. The molecule has 0 saturated heterocycles. The zero-order chi connectivity index (χ0) is 22.1. The number of allylic oxidation sites excluding steroid dienone is 1. The van der Waals surface area contributed by atoms with Crippen LogP contribution in [0.1, 0.15) is 28.6 Å². The van der Waals surface area contributed by atoms with Gasteiger partial charge in [-0.05, 0) is 36.5 Å². The van der Waals surface area contributed by atoms with E-state index in [-0.39, 0.29) is 11.5 Å². The number of carbonyl (C=O) groups excluding carboxylic acids is 1. The molecule has 7 heteroatoms. The number of fused-ring (bicyclic) bond motifs is 2. The smallest absolute Gasteiger partial charge is 0.262 e. The van der Waals surface area contributed by atoms with Gasteiger partial charge in [0.2, 0.25) is 0 Å². The van der Waals surface area contributed by atoms with Gasteiger partial charge in [-0.2, -0.15) is 0 Å². The third kappa shape index (κ3) is 3.72. The van der Waals surface area contributed by atoms with Crippen LogP contribution in [0.4, 0.5) is 0 Å². The van der Waals surface area contributed by atoms with Crippen LogP contribution < -0.4 is 5.56 Å². The highest BCUT2D eigenvalue weighted by atomic mass is 32.1. The number of amides is 1. The minimum atomic E-state index is -0.205. The lowest BCUT2D eigenvalue weighted by atomic mass is 10.1. The lowest BCUT2D eigenvalue weighted by Crippen LogP contribution is -2.27. The number of H-pyrrole nitrogens is 1. The first-order chi connectivity index (χ1) is 14.9. The summed E-state index contributed by atoms with van der Waals surface area (Å²) in [6, 6.07) is 12.9. The fraction of sp³-hybridized carbons (Fsp3) is 0.208. The average Bonchev–Trinajstić information content (AvgIpc) is 3.13. The third-order valence-corrected chi connectivity index (χ3v) is 5.71. The van der Waals surface area contributed by atoms with Crippen molar-refractivity contribution in [3.8, 4) is 0 Å². The van der Waals surface area contributed by atoms with Crippen molar-refractivity contribution in [2.24, 2.45) is 0 Å². The first-order valence-corrected chi connectivity index (χ1v) is 10.5. The molecule has 0 radical (unpaired) electrons. The van der Waals surface area contributed by atoms with Crippen LogP contribution in [0.15, 0.2) is 64.3 Å². The summed E-state index contributed by atoms with van der Waals surface area (Å²) >= 11 is 5.30. The van der Waals surface area contributed by atoms with E-state index in [1.54, 1.807) is 36.2 Å². The number of carbonyl (C=O) groups is 1. The second-order valence-corrected chi connectivity index (χ2v) is 7.80. The Morgan fingerprint density at radius 1 is 1.26 bits per heavy atom. The summed E-state index contributed by atoms with van der Waals surface area (Å²) < 4.78 is 7.69. The molecule has 0 aliphatic rings. The summed E-state index contributed by atoms with van der Waals surface area (Å²) in [7, 11) is 1.76. The van der Waals surface area contributed by atoms with Crippen LogP contribution in [0.2, 0.25) is 0 Å². The van der Waals surface area contributed by atoms with Gasteiger partial charge in [-0.1, -0.05) is 31.2 Å². The highest BCUT2D eigenvalue weighted by Gasteiger charge is 2.19. The van der Waals surface area contributed by atoms with Crippen molar-refractivity contribution >= 4 is 40.0 Å². The molecule has 0 saturated carbocycles. The summed E-state index contributed by atoms with van der Waals surface area (Å²) in [4.78, 5) is 30.5. The lowest BCUT2D eigenvalue weighted by molar-refractivity contribution is 0.0785. The van der Waals surface area contributed by atoms with Crippen LogP contribution in [-0.2, 0) is 19.5 Å². The van der Waals surface area contributed by atoms with E-state index in [1.165, 1.54) is 4.57 Å². The minimum absolute atomic E-state index is 0.149. The number of hydrogen-bond donors (Lipinski definition) is 1. The Hall–Kier alpha value is -3.45. The molecule has 2 heterocycles. The van der Waals surface area contributed by atoms with Gasteiger partial charge in [-0.15, -0.1) is 6.58 Å². The van der Waals surface area contributed by atoms with E-state index in [1.807, 2.05) is 31.2 Å². The molecule has 0 spiro atoms. The Labute approximate surface area is 184 Å². The highest BCUT2D eigenvalue weighted by molar-refractivity contribution is 7.71. The number of rotatable bonds is 6. The van der Waals surface area contributed by atoms with Crippen molar-refractivity contribution in [3.05, 3.63) is 87.1 Å². The van der Waals surface area contributed by atoms with Gasteiger partial charge in [0.25, 0.3) is 11.5 Å². The van der Waals surface area contributed by atoms with Crippen molar-refractivity contribution in [1.29, 1.82) is 0 Å². The number of aromatic nitrogens is 2. The van der Waals surface area contributed by atoms with E-state index in [0.29, 0.717) is 34.3 Å². The Balaban J connectivity index is 1.68. The number of hydrogen-bond acceptors (Lipinski definition) is 4. The molecule has 0 unspecified atom stereocenters. The molecule has 6 nitrogen and oxygen atoms in total. The van der Waals surface area contributed by atoms with Crippen molar-refractivity contribution in [2.75, 3.05) is 7.05 Å². The van der Waals surface area contributed by atoms with E-state index in [4.69, 9.17) is 16.6 Å². The molecule has 1 amide bonds. The van der Waals surface area contributed by atoms with Gasteiger partial charge < -0.3 is 14.3 Å². The standard InChI is InChI=1S/C24H23N3O3S/c1-4-12-27-23(29)17-11-10-15(13-19(17)25-24(27)31)22(28)26(3)14-18-16-8-6-7-9-21(16)30-20(18)5-2/h4,6-11,13H,1,5,12,14H2,2-3H3,(H,25,31). The number of para-hydroxylation sites is 1. The van der Waals surface area contributed by atoms with Crippen LogP contribution in [0, 0.1) is 4.77 Å². The molecule has 2 aromatic heterocycles. The zero-order valence-electron chi connectivity index (χ0n) is 17.5. The molecule has 2 aromatic carbocycles. The Kier molecular flexibility index (Phi) is 5.61. The Morgan fingerprint density at radius 3 is 2.77 bits per heavy atom. The molecule has 158 valence electrons. The van der Waals surface area contributed by atoms with Crippen LogP contribution >= 0.6 is 12.2 Å². The van der Waals surface area contributed by atoms with Crippen molar-refractivity contribution in [3.63, 3.8) is 0 Å². The van der Waals surface area contributed by atoms with Gasteiger partial charge in [-0.25, -0.2) is 0 Å². The quantitative estimate of drug-likeness (QED) is 0.349. The summed E-state index contributed by atoms with van der Waals surface area (Å²) in [5.41, 5.74) is 2.65. The topological polar surface area (TPSA) is 71.2 Å². The van der Waals surface area contributed by atoms with Gasteiger partial charge in [0, 0.05) is 43.1 Å². The Morgan fingerprint density at radius 2 is 2.03 bits per heavy atom. The van der Waals surface area contributed by atoms with E-state index in [2.05, 4.69) is 11.6 Å². The predicted molar refractivity (Wildman–Crippen MR) is 125 cm³/mol. The first kappa shape index (κ1) is 20.8. The molecule has 4 aromatic rings. The van der Waals surface area contributed by atoms with Crippen molar-refractivity contribution in [1.82, 2.24) is 14.5 Å². The normalized spacial score (nSPS) is 11.2. The fourth-order valence-corrected chi connectivity index (χ4v) is 4.09. The summed E-state index contributed by atoms with van der Waals surface area (Å²) in [5, 5.41) is 1.49. The molecule has 0 atom stereocenters. The van der Waals surface area contributed by atoms with Gasteiger partial charge in [0.15, 0.2) is 4.77 Å². The van der Waals surface area contributed by atoms with Crippen molar-refractivity contribution in [2.45, 2.75) is 26.4 Å². The summed E-state index contributed by atoms with van der Waals surface area (Å²) in [6.45, 7) is 6.45. The molecule has 0 aliphatic carbocycles. The molecular weight excluding hydrogens is 410 g/mol. The first-order valence-electron chi connectivity index (χ1n) is 10.1. The van der Waals surface area contributed by atoms with E-state index in [9.17, 15) is 9.59 Å². The number of aromatic amines is 1. The van der Waals surface area contributed by atoms with Crippen molar-refractivity contribution < 1.29 is 9.21 Å². The molecular formula is C24H23N3O3S. The third-order valence-electron chi connectivity index (χ3n) is 5.39. The molecule has 1 N–H and O–H groups in total. The maximum absolute atomic E-state index is 13.1. The molecule has 4 rings (SSSR count). The van der Waals surface area contributed by atoms with Crippen LogP contribution in [-0.4, -0.2) is 27.4 Å². The predicted octanol–water partition coefficient (Wildman–Crippen LogP) is 4.83. The van der Waals surface area contributed by atoms with Crippen LogP contribution in [0.5, 0.6) is 0 Å². The fourth-order valence-electron chi connectivity index (χ4n) is 3.82. The molecule has 31 heavy (non-hydrogen) atoms. The van der Waals surface area contributed by atoms with E-state index in [0.717, 1.165) is 28.7 Å². The number of furan rings is 1. The molecule has 0 bridgehead atoms. The van der Waals surface area contributed by atoms with Gasteiger partial charge in [-0.3, -0.25) is 14.2 Å². The summed E-state index contributed by atoms with van der Waals surface area (Å²) in [5.74, 6) is 0.732. The van der Waals surface area contributed by atoms with Gasteiger partial charge >= 0.3 is 0 Å². The number of aryl methyl sites for hydroxylation is 1. The largest absolute Gasteiger partial charge is 0.461 e. The number of benzene rings is 2. The van der Waals surface area contributed by atoms with Crippen LogP contribution in [0.3, 0.4) is 0 Å². The maximum Gasteiger partial charge on any atom is 0.262 e. The van der Waals surface area contributed by atoms with Gasteiger partial charge in [0.1, 0.15) is 11.3 Å². The van der Waals surface area contributed by atoms with Crippen LogP contribution in [0.25, 0.3) is 21.9 Å². The van der Waals surface area contributed by atoms with E-state index < -0.39 is 0 Å². The molecule has 0 aliphatic heterocycles. The second-order valence-electron chi connectivity index (χ2n) is 7.41. The minimum Gasteiger partial charge on any atom is -0.461 e. The average molecular weight is 434 g/mol. The number of nitrogens with zero attached hydrogens (tertiary/aromatic N) is 2. The monoisotopic (exact) mass is 433 g/mol. The Bertz CT molecular complexity index is 1430. The van der Waals surface area contributed by atoms with E-state index >= 15 is 0 Å². The highest BCUT2D eigenvalue weighted by Crippen LogP contribution is 2.27. The molecule has 0 fully saturated rings.